The average molecular weight is 340 g/mol. The van der Waals surface area contributed by atoms with Gasteiger partial charge in [-0.25, -0.2) is 9.97 Å². The van der Waals surface area contributed by atoms with E-state index in [4.69, 9.17) is 11.2 Å². The van der Waals surface area contributed by atoms with Crippen molar-refractivity contribution in [1.29, 1.82) is 0 Å². The molecule has 2 aromatic rings. The van der Waals surface area contributed by atoms with Gasteiger partial charge in [-0.15, -0.1) is 12.3 Å². The maximum Gasteiger partial charge on any atom is 0.313 e. The number of aromatic nitrogens is 3. The molecule has 1 fully saturated rings. The van der Waals surface area contributed by atoms with E-state index in [2.05, 4.69) is 32.7 Å². The fraction of sp³-hybridized carbons (Fsp3) is 0.526. The number of ether oxygens (including phenoxy) is 1. The summed E-state index contributed by atoms with van der Waals surface area (Å²) in [5.74, 6) is 3.43. The van der Waals surface area contributed by atoms with Crippen LogP contribution in [-0.2, 0) is 16.0 Å². The molecule has 0 radical (unpaired) electrons. The first-order valence-corrected chi connectivity index (χ1v) is 8.81. The van der Waals surface area contributed by atoms with Gasteiger partial charge in [0.25, 0.3) is 0 Å². The van der Waals surface area contributed by atoms with Gasteiger partial charge in [0.2, 0.25) is 0 Å². The molecule has 6 nitrogen and oxygen atoms in total. The molecule has 0 aromatic carbocycles. The summed E-state index contributed by atoms with van der Waals surface area (Å²) in [5, 5.41) is 1.07. The number of H-pyrrole nitrogens is 1. The number of hydrogen-bond acceptors (Lipinski definition) is 5. The largest absolute Gasteiger partial charge is 0.466 e. The molecule has 132 valence electrons. The van der Waals surface area contributed by atoms with Crippen molar-refractivity contribution in [3.05, 3.63) is 18.1 Å². The second kappa shape index (κ2) is 7.14. The third kappa shape index (κ3) is 3.07. The number of nitrogens with zero attached hydrogens (tertiary/aromatic N) is 3. The van der Waals surface area contributed by atoms with Gasteiger partial charge in [-0.2, -0.15) is 0 Å². The van der Waals surface area contributed by atoms with Crippen molar-refractivity contribution in [2.75, 3.05) is 24.6 Å². The molecule has 3 heterocycles. The Morgan fingerprint density at radius 1 is 1.40 bits per heavy atom. The molecule has 0 bridgehead atoms. The Balaban J connectivity index is 1.86. The zero-order chi connectivity index (χ0) is 17.9. The van der Waals surface area contributed by atoms with Crippen molar-refractivity contribution in [2.45, 2.75) is 39.5 Å². The van der Waals surface area contributed by atoms with Crippen LogP contribution in [-0.4, -0.2) is 40.6 Å². The molecule has 3 rings (SSSR count). The maximum atomic E-state index is 12.5. The quantitative estimate of drug-likeness (QED) is 0.669. The lowest BCUT2D eigenvalue weighted by Crippen LogP contribution is -2.45. The third-order valence-corrected chi connectivity index (χ3v) is 5.08. The van der Waals surface area contributed by atoms with Crippen LogP contribution in [0.25, 0.3) is 11.0 Å². The standard InChI is InChI=1S/C19H24N4O2/c1-4-7-19(18(24)25-6-3)8-10-23(11-9-19)17-15-14(5-2)12-20-16(15)21-13-22-17/h1,12-13H,5-11H2,2-3H3,(H,20,21,22). The Morgan fingerprint density at radius 2 is 2.16 bits per heavy atom. The molecule has 25 heavy (non-hydrogen) atoms. The topological polar surface area (TPSA) is 71.1 Å². The number of carbonyl (C=O) groups is 1. The number of nitrogens with one attached hydrogen (secondary N) is 1. The highest BCUT2D eigenvalue weighted by Gasteiger charge is 2.42. The number of rotatable bonds is 5. The third-order valence-electron chi connectivity index (χ3n) is 5.08. The van der Waals surface area contributed by atoms with Crippen molar-refractivity contribution in [1.82, 2.24) is 15.0 Å². The van der Waals surface area contributed by atoms with Gasteiger partial charge in [0.1, 0.15) is 17.8 Å². The fourth-order valence-corrected chi connectivity index (χ4v) is 3.61. The minimum atomic E-state index is -0.570. The molecule has 6 heteroatoms. The highest BCUT2D eigenvalue weighted by molar-refractivity contribution is 5.91. The normalized spacial score (nSPS) is 16.6. The van der Waals surface area contributed by atoms with Gasteiger partial charge in [-0.3, -0.25) is 4.79 Å². The summed E-state index contributed by atoms with van der Waals surface area (Å²) >= 11 is 0. The van der Waals surface area contributed by atoms with E-state index >= 15 is 0 Å². The molecule has 0 unspecified atom stereocenters. The van der Waals surface area contributed by atoms with Gasteiger partial charge >= 0.3 is 5.97 Å². The van der Waals surface area contributed by atoms with Crippen molar-refractivity contribution in [3.8, 4) is 12.3 Å². The van der Waals surface area contributed by atoms with Gasteiger partial charge < -0.3 is 14.6 Å². The van der Waals surface area contributed by atoms with Crippen LogP contribution in [0.4, 0.5) is 5.82 Å². The number of anilines is 1. The molecule has 2 aromatic heterocycles. The monoisotopic (exact) mass is 340 g/mol. The van der Waals surface area contributed by atoms with E-state index in [1.54, 1.807) is 6.33 Å². The number of fused-ring (bicyclic) bond motifs is 1. The van der Waals surface area contributed by atoms with Crippen LogP contribution < -0.4 is 4.90 Å². The number of esters is 1. The summed E-state index contributed by atoms with van der Waals surface area (Å²) in [6.07, 6.45) is 11.8. The summed E-state index contributed by atoms with van der Waals surface area (Å²) in [6.45, 7) is 5.77. The van der Waals surface area contributed by atoms with E-state index in [-0.39, 0.29) is 5.97 Å². The van der Waals surface area contributed by atoms with Crippen molar-refractivity contribution in [2.24, 2.45) is 5.41 Å². The summed E-state index contributed by atoms with van der Waals surface area (Å²) in [4.78, 5) is 26.7. The number of aryl methyl sites for hydroxylation is 1. The van der Waals surface area contributed by atoms with Crippen molar-refractivity contribution >= 4 is 22.8 Å². The Labute approximate surface area is 148 Å². The summed E-state index contributed by atoms with van der Waals surface area (Å²) < 4.78 is 5.29. The van der Waals surface area contributed by atoms with E-state index in [0.717, 1.165) is 36.4 Å². The minimum absolute atomic E-state index is 0.170. The van der Waals surface area contributed by atoms with Gasteiger partial charge in [0.15, 0.2) is 0 Å². The lowest BCUT2D eigenvalue weighted by molar-refractivity contribution is -0.156. The number of hydrogen-bond donors (Lipinski definition) is 1. The summed E-state index contributed by atoms with van der Waals surface area (Å²) in [7, 11) is 0. The molecule has 1 saturated heterocycles. The Bertz CT molecular complexity index is 797. The van der Waals surface area contributed by atoms with Crippen LogP contribution in [0, 0.1) is 17.8 Å². The van der Waals surface area contributed by atoms with Gasteiger partial charge in [0, 0.05) is 25.7 Å². The zero-order valence-electron chi connectivity index (χ0n) is 14.8. The number of piperidine rings is 1. The van der Waals surface area contributed by atoms with E-state index < -0.39 is 5.41 Å². The fourth-order valence-electron chi connectivity index (χ4n) is 3.61. The number of carbonyl (C=O) groups excluding carboxylic acids is 1. The Morgan fingerprint density at radius 3 is 2.80 bits per heavy atom. The maximum absolute atomic E-state index is 12.5. The molecule has 1 aliphatic rings. The molecule has 1 aliphatic heterocycles. The van der Waals surface area contributed by atoms with Crippen LogP contribution in [0.5, 0.6) is 0 Å². The van der Waals surface area contributed by atoms with E-state index in [1.165, 1.54) is 5.56 Å². The first-order valence-electron chi connectivity index (χ1n) is 8.81. The van der Waals surface area contributed by atoms with Crippen LogP contribution in [0.15, 0.2) is 12.5 Å². The predicted octanol–water partition coefficient (Wildman–Crippen LogP) is 2.69. The van der Waals surface area contributed by atoms with E-state index in [9.17, 15) is 4.79 Å². The van der Waals surface area contributed by atoms with Crippen LogP contribution >= 0.6 is 0 Å². The molecular formula is C19H24N4O2. The zero-order valence-corrected chi connectivity index (χ0v) is 14.8. The lowest BCUT2D eigenvalue weighted by atomic mass is 9.76. The molecule has 1 N–H and O–H groups in total. The molecule has 0 spiro atoms. The van der Waals surface area contributed by atoms with Crippen molar-refractivity contribution in [3.63, 3.8) is 0 Å². The predicted molar refractivity (Wildman–Crippen MR) is 97.2 cm³/mol. The van der Waals surface area contributed by atoms with Crippen LogP contribution in [0.1, 0.15) is 38.7 Å². The lowest BCUT2D eigenvalue weighted by Gasteiger charge is -2.39. The van der Waals surface area contributed by atoms with Crippen molar-refractivity contribution < 1.29 is 9.53 Å². The second-order valence-corrected chi connectivity index (χ2v) is 6.46. The molecular weight excluding hydrogens is 316 g/mol. The number of aromatic amines is 1. The minimum Gasteiger partial charge on any atom is -0.466 e. The average Bonchev–Trinajstić information content (AvgIpc) is 3.06. The smallest absolute Gasteiger partial charge is 0.313 e. The summed E-state index contributed by atoms with van der Waals surface area (Å²) in [6, 6.07) is 0. The molecule has 0 amide bonds. The van der Waals surface area contributed by atoms with E-state index in [1.807, 2.05) is 13.1 Å². The highest BCUT2D eigenvalue weighted by Crippen LogP contribution is 2.38. The van der Waals surface area contributed by atoms with Gasteiger partial charge in [-0.05, 0) is 31.7 Å². The second-order valence-electron chi connectivity index (χ2n) is 6.46. The molecule has 0 aliphatic carbocycles. The molecule has 0 atom stereocenters. The Hall–Kier alpha value is -2.55. The van der Waals surface area contributed by atoms with Gasteiger partial charge in [0.05, 0.1) is 17.4 Å². The van der Waals surface area contributed by atoms with Crippen LogP contribution in [0.3, 0.4) is 0 Å². The summed E-state index contributed by atoms with van der Waals surface area (Å²) in [5.41, 5.74) is 1.49. The number of terminal acetylenes is 1. The first kappa shape index (κ1) is 17.3. The highest BCUT2D eigenvalue weighted by atomic mass is 16.5. The SMILES string of the molecule is C#CCC1(C(=O)OCC)CCN(c2ncnc3[nH]cc(CC)c23)CC1. The molecule has 0 saturated carbocycles. The Kier molecular flexibility index (Phi) is 4.93. The van der Waals surface area contributed by atoms with Gasteiger partial charge in [-0.1, -0.05) is 6.92 Å². The van der Waals surface area contributed by atoms with E-state index in [0.29, 0.717) is 25.9 Å². The van der Waals surface area contributed by atoms with Crippen LogP contribution in [0.2, 0.25) is 0 Å². The first-order chi connectivity index (χ1) is 12.1.